The zero-order chi connectivity index (χ0) is 11.2. The molecule has 0 radical (unpaired) electrons. The van der Waals surface area contributed by atoms with Crippen molar-refractivity contribution in [1.82, 2.24) is 0 Å². The highest BCUT2D eigenvalue weighted by Gasteiger charge is 1.97. The highest BCUT2D eigenvalue weighted by Crippen LogP contribution is 2.03. The summed E-state index contributed by atoms with van der Waals surface area (Å²) in [6, 6.07) is 0. The molecule has 0 aromatic carbocycles. The standard InChI is InChI=1S/2C6H14O/c1-3-6(4-2)5-7;1-2-3-4-5-6-7/h6-7H,3-5H2,1-2H3;7H,2-6H2,1H3. The predicted molar refractivity (Wildman–Crippen MR) is 62.4 cm³/mol. The molecule has 0 aromatic heterocycles. The van der Waals surface area contributed by atoms with Gasteiger partial charge in [-0.1, -0.05) is 52.9 Å². The van der Waals surface area contributed by atoms with Crippen molar-refractivity contribution in [3.8, 4) is 0 Å². The zero-order valence-electron chi connectivity index (χ0n) is 10.1. The molecule has 0 fully saturated rings. The summed E-state index contributed by atoms with van der Waals surface area (Å²) in [5.41, 5.74) is 0. The van der Waals surface area contributed by atoms with E-state index in [1.54, 1.807) is 0 Å². The molecule has 88 valence electrons. The van der Waals surface area contributed by atoms with Crippen molar-refractivity contribution < 1.29 is 10.2 Å². The van der Waals surface area contributed by atoms with Crippen LogP contribution in [0, 0.1) is 5.92 Å². The number of hydrogen-bond donors (Lipinski definition) is 2. The minimum absolute atomic E-state index is 0.354. The van der Waals surface area contributed by atoms with Crippen LogP contribution in [0.3, 0.4) is 0 Å². The summed E-state index contributed by atoms with van der Waals surface area (Å²) < 4.78 is 0. The average Bonchev–Trinajstić information content (AvgIpc) is 2.22. The van der Waals surface area contributed by atoms with Crippen molar-refractivity contribution in [3.63, 3.8) is 0 Å². The fraction of sp³-hybridized carbons (Fsp3) is 1.00. The van der Waals surface area contributed by atoms with Gasteiger partial charge in [0.05, 0.1) is 0 Å². The van der Waals surface area contributed by atoms with E-state index in [0.29, 0.717) is 19.1 Å². The van der Waals surface area contributed by atoms with E-state index in [4.69, 9.17) is 10.2 Å². The van der Waals surface area contributed by atoms with Gasteiger partial charge >= 0.3 is 0 Å². The van der Waals surface area contributed by atoms with E-state index in [1.807, 2.05) is 0 Å². The lowest BCUT2D eigenvalue weighted by molar-refractivity contribution is 0.219. The van der Waals surface area contributed by atoms with Gasteiger partial charge in [-0.05, 0) is 12.3 Å². The molecule has 0 unspecified atom stereocenters. The summed E-state index contributed by atoms with van der Waals surface area (Å²) in [4.78, 5) is 0. The second-order valence-electron chi connectivity index (χ2n) is 3.65. The van der Waals surface area contributed by atoms with Crippen LogP contribution in [0.15, 0.2) is 0 Å². The highest BCUT2D eigenvalue weighted by molar-refractivity contribution is 4.48. The van der Waals surface area contributed by atoms with Crippen LogP contribution in [0.2, 0.25) is 0 Å². The summed E-state index contributed by atoms with van der Waals surface area (Å²) in [6.07, 6.45) is 6.89. The second-order valence-corrected chi connectivity index (χ2v) is 3.65. The van der Waals surface area contributed by atoms with E-state index >= 15 is 0 Å². The molecule has 0 spiro atoms. The average molecular weight is 204 g/mol. The van der Waals surface area contributed by atoms with E-state index in [-0.39, 0.29) is 0 Å². The van der Waals surface area contributed by atoms with Gasteiger partial charge in [0, 0.05) is 13.2 Å². The second kappa shape index (κ2) is 15.4. The maximum absolute atomic E-state index is 8.53. The SMILES string of the molecule is CCC(CC)CO.CCCCCCO. The molecule has 14 heavy (non-hydrogen) atoms. The Morgan fingerprint density at radius 2 is 1.43 bits per heavy atom. The number of rotatable bonds is 7. The molecule has 0 atom stereocenters. The molecule has 0 heterocycles. The van der Waals surface area contributed by atoms with Crippen LogP contribution in [-0.4, -0.2) is 23.4 Å². The predicted octanol–water partition coefficient (Wildman–Crippen LogP) is 2.97. The topological polar surface area (TPSA) is 40.5 Å². The highest BCUT2D eigenvalue weighted by atomic mass is 16.3. The Morgan fingerprint density at radius 3 is 1.64 bits per heavy atom. The number of unbranched alkanes of at least 4 members (excludes halogenated alkanes) is 3. The van der Waals surface area contributed by atoms with Gasteiger partial charge in [0.1, 0.15) is 0 Å². The third kappa shape index (κ3) is 14.4. The quantitative estimate of drug-likeness (QED) is 0.626. The van der Waals surface area contributed by atoms with Crippen LogP contribution < -0.4 is 0 Å². The van der Waals surface area contributed by atoms with Crippen molar-refractivity contribution in [2.45, 2.75) is 59.3 Å². The van der Waals surface area contributed by atoms with Gasteiger partial charge in [0.2, 0.25) is 0 Å². The molecule has 0 bridgehead atoms. The molecule has 2 N–H and O–H groups in total. The molecule has 0 aliphatic rings. The van der Waals surface area contributed by atoms with Gasteiger partial charge in [0.15, 0.2) is 0 Å². The van der Waals surface area contributed by atoms with Crippen molar-refractivity contribution in [1.29, 1.82) is 0 Å². The first-order valence-electron chi connectivity index (χ1n) is 5.98. The largest absolute Gasteiger partial charge is 0.396 e. The van der Waals surface area contributed by atoms with Gasteiger partial charge in [-0.25, -0.2) is 0 Å². The van der Waals surface area contributed by atoms with Gasteiger partial charge in [0.25, 0.3) is 0 Å². The number of aliphatic hydroxyl groups excluding tert-OH is 2. The van der Waals surface area contributed by atoms with E-state index in [1.165, 1.54) is 19.3 Å². The van der Waals surface area contributed by atoms with Crippen LogP contribution in [0.4, 0.5) is 0 Å². The van der Waals surface area contributed by atoms with Crippen LogP contribution in [-0.2, 0) is 0 Å². The maximum Gasteiger partial charge on any atom is 0.0459 e. The molecule has 0 saturated heterocycles. The summed E-state index contributed by atoms with van der Waals surface area (Å²) in [7, 11) is 0. The Morgan fingerprint density at radius 1 is 0.857 bits per heavy atom. The van der Waals surface area contributed by atoms with E-state index in [0.717, 1.165) is 19.3 Å². The molecule has 0 saturated carbocycles. The number of aliphatic hydroxyl groups is 2. The lowest BCUT2D eigenvalue weighted by Crippen LogP contribution is -2.01. The summed E-state index contributed by atoms with van der Waals surface area (Å²) in [5.74, 6) is 0.542. The number of hydrogen-bond acceptors (Lipinski definition) is 2. The van der Waals surface area contributed by atoms with Gasteiger partial charge in [-0.3, -0.25) is 0 Å². The van der Waals surface area contributed by atoms with E-state index in [9.17, 15) is 0 Å². The van der Waals surface area contributed by atoms with E-state index in [2.05, 4.69) is 20.8 Å². The van der Waals surface area contributed by atoms with Crippen LogP contribution >= 0.6 is 0 Å². The summed E-state index contributed by atoms with van der Waals surface area (Å²) in [5, 5.41) is 16.8. The fourth-order valence-corrected chi connectivity index (χ4v) is 1.09. The Kier molecular flexibility index (Phi) is 18.0. The first kappa shape index (κ1) is 16.4. The molecular weight excluding hydrogens is 176 g/mol. The summed E-state index contributed by atoms with van der Waals surface area (Å²) in [6.45, 7) is 7.08. The molecule has 2 nitrogen and oxygen atoms in total. The lowest BCUT2D eigenvalue weighted by atomic mass is 10.1. The monoisotopic (exact) mass is 204 g/mol. The van der Waals surface area contributed by atoms with Crippen molar-refractivity contribution in [2.24, 2.45) is 5.92 Å². The fourth-order valence-electron chi connectivity index (χ4n) is 1.09. The Labute approximate surface area is 89.3 Å². The Bertz CT molecular complexity index is 70.9. The first-order chi connectivity index (χ1) is 6.76. The van der Waals surface area contributed by atoms with Gasteiger partial charge in [-0.2, -0.15) is 0 Å². The van der Waals surface area contributed by atoms with Crippen LogP contribution in [0.5, 0.6) is 0 Å². The lowest BCUT2D eigenvalue weighted by Gasteiger charge is -2.04. The third-order valence-electron chi connectivity index (χ3n) is 2.42. The molecule has 0 aliphatic carbocycles. The van der Waals surface area contributed by atoms with Gasteiger partial charge < -0.3 is 10.2 Å². The third-order valence-corrected chi connectivity index (χ3v) is 2.42. The molecule has 0 aromatic rings. The molecule has 0 aliphatic heterocycles. The minimum atomic E-state index is 0.354. The van der Waals surface area contributed by atoms with Crippen molar-refractivity contribution in [3.05, 3.63) is 0 Å². The zero-order valence-corrected chi connectivity index (χ0v) is 10.1. The Balaban J connectivity index is 0. The molecule has 0 rings (SSSR count). The Hall–Kier alpha value is -0.0800. The first-order valence-corrected chi connectivity index (χ1v) is 5.98. The van der Waals surface area contributed by atoms with Crippen molar-refractivity contribution >= 4 is 0 Å². The molecule has 0 amide bonds. The van der Waals surface area contributed by atoms with Crippen LogP contribution in [0.1, 0.15) is 59.3 Å². The van der Waals surface area contributed by atoms with Crippen molar-refractivity contribution in [2.75, 3.05) is 13.2 Å². The molecule has 2 heteroatoms. The minimum Gasteiger partial charge on any atom is -0.396 e. The summed E-state index contributed by atoms with van der Waals surface area (Å²) >= 11 is 0. The smallest absolute Gasteiger partial charge is 0.0459 e. The van der Waals surface area contributed by atoms with E-state index < -0.39 is 0 Å². The maximum atomic E-state index is 8.53. The normalized spacial score (nSPS) is 9.86. The molecular formula is C12H28O2. The van der Waals surface area contributed by atoms with Crippen LogP contribution in [0.25, 0.3) is 0 Å². The van der Waals surface area contributed by atoms with Gasteiger partial charge in [-0.15, -0.1) is 0 Å².